The zero-order valence-electron chi connectivity index (χ0n) is 12.1. The first-order chi connectivity index (χ1) is 9.02. The van der Waals surface area contributed by atoms with Crippen molar-refractivity contribution in [3.8, 4) is 0 Å². The van der Waals surface area contributed by atoms with E-state index in [0.29, 0.717) is 6.61 Å². The molecule has 0 saturated heterocycles. The van der Waals surface area contributed by atoms with E-state index in [2.05, 4.69) is 5.32 Å². The lowest BCUT2D eigenvalue weighted by molar-refractivity contribution is -0.149. The first-order valence-electron chi connectivity index (χ1n) is 7.10. The Morgan fingerprint density at radius 3 is 2.37 bits per heavy atom. The third-order valence-electron chi connectivity index (χ3n) is 3.26. The minimum atomic E-state index is -0.101. The fourth-order valence-electron chi connectivity index (χ4n) is 2.25. The molecule has 19 heavy (non-hydrogen) atoms. The number of hydrogen-bond acceptors (Lipinski definition) is 4. The van der Waals surface area contributed by atoms with Gasteiger partial charge in [-0.2, -0.15) is 0 Å². The Hall–Kier alpha value is -1.10. The summed E-state index contributed by atoms with van der Waals surface area (Å²) in [5.41, 5.74) is 0. The molecule has 0 aromatic heterocycles. The van der Waals surface area contributed by atoms with E-state index in [1.165, 1.54) is 0 Å². The highest BCUT2D eigenvalue weighted by Crippen LogP contribution is 2.25. The number of hydrogen-bond donors (Lipinski definition) is 1. The van der Waals surface area contributed by atoms with Crippen LogP contribution in [0, 0.1) is 5.92 Å². The maximum absolute atomic E-state index is 11.6. The summed E-state index contributed by atoms with van der Waals surface area (Å²) in [6.45, 7) is 6.16. The molecule has 0 atom stereocenters. The SMILES string of the molecule is CCOC(=O)C1CCC(NC(=O)COC(C)C)CC1. The van der Waals surface area contributed by atoms with Crippen molar-refractivity contribution in [3.63, 3.8) is 0 Å². The Balaban J connectivity index is 2.22. The van der Waals surface area contributed by atoms with Crippen LogP contribution in [0.3, 0.4) is 0 Å². The Bertz CT molecular complexity index is 296. The molecule has 0 bridgehead atoms. The van der Waals surface area contributed by atoms with Crippen LogP contribution in [0.5, 0.6) is 0 Å². The second-order valence-corrected chi connectivity index (χ2v) is 5.23. The largest absolute Gasteiger partial charge is 0.466 e. The molecule has 1 rings (SSSR count). The molecular weight excluding hydrogens is 246 g/mol. The maximum atomic E-state index is 11.6. The number of esters is 1. The van der Waals surface area contributed by atoms with Crippen LogP contribution in [-0.4, -0.2) is 37.2 Å². The molecule has 1 saturated carbocycles. The molecule has 1 aliphatic rings. The van der Waals surface area contributed by atoms with Crippen molar-refractivity contribution in [2.45, 2.75) is 58.6 Å². The van der Waals surface area contributed by atoms with Crippen molar-refractivity contribution in [1.82, 2.24) is 5.32 Å². The summed E-state index contributed by atoms with van der Waals surface area (Å²) in [7, 11) is 0. The van der Waals surface area contributed by atoms with Crippen LogP contribution < -0.4 is 5.32 Å². The molecule has 5 heteroatoms. The minimum Gasteiger partial charge on any atom is -0.466 e. The average Bonchev–Trinajstić information content (AvgIpc) is 2.37. The first-order valence-corrected chi connectivity index (χ1v) is 7.10. The Kier molecular flexibility index (Phi) is 6.84. The van der Waals surface area contributed by atoms with Gasteiger partial charge < -0.3 is 14.8 Å². The van der Waals surface area contributed by atoms with Gasteiger partial charge in [0.15, 0.2) is 0 Å². The van der Waals surface area contributed by atoms with Crippen LogP contribution in [0.4, 0.5) is 0 Å². The van der Waals surface area contributed by atoms with Crippen molar-refractivity contribution in [3.05, 3.63) is 0 Å². The number of rotatable bonds is 6. The fraction of sp³-hybridized carbons (Fsp3) is 0.857. The van der Waals surface area contributed by atoms with E-state index in [-0.39, 0.29) is 36.5 Å². The van der Waals surface area contributed by atoms with Crippen LogP contribution in [0.1, 0.15) is 46.5 Å². The molecule has 0 aromatic carbocycles. The van der Waals surface area contributed by atoms with Crippen LogP contribution >= 0.6 is 0 Å². The Labute approximate surface area is 115 Å². The van der Waals surface area contributed by atoms with E-state index >= 15 is 0 Å². The molecular formula is C14H25NO4. The third-order valence-corrected chi connectivity index (χ3v) is 3.26. The normalized spacial score (nSPS) is 23.2. The highest BCUT2D eigenvalue weighted by molar-refractivity contribution is 5.77. The van der Waals surface area contributed by atoms with E-state index in [4.69, 9.17) is 9.47 Å². The van der Waals surface area contributed by atoms with Gasteiger partial charge in [0, 0.05) is 6.04 Å². The van der Waals surface area contributed by atoms with Gasteiger partial charge in [-0.3, -0.25) is 9.59 Å². The van der Waals surface area contributed by atoms with Crippen LogP contribution in [0.2, 0.25) is 0 Å². The molecule has 110 valence electrons. The molecule has 1 N–H and O–H groups in total. The molecule has 0 unspecified atom stereocenters. The molecule has 1 amide bonds. The smallest absolute Gasteiger partial charge is 0.308 e. The van der Waals surface area contributed by atoms with Gasteiger partial charge in [0.25, 0.3) is 0 Å². The summed E-state index contributed by atoms with van der Waals surface area (Å²) >= 11 is 0. The lowest BCUT2D eigenvalue weighted by atomic mass is 9.86. The van der Waals surface area contributed by atoms with Gasteiger partial charge in [-0.05, 0) is 46.5 Å². The number of nitrogens with one attached hydrogen (secondary N) is 1. The zero-order chi connectivity index (χ0) is 14.3. The summed E-state index contributed by atoms with van der Waals surface area (Å²) in [5.74, 6) is -0.177. The zero-order valence-corrected chi connectivity index (χ0v) is 12.1. The number of amides is 1. The summed E-state index contributed by atoms with van der Waals surface area (Å²) in [5, 5.41) is 2.95. The number of ether oxygens (including phenoxy) is 2. The van der Waals surface area contributed by atoms with Gasteiger partial charge in [-0.15, -0.1) is 0 Å². The van der Waals surface area contributed by atoms with Crippen LogP contribution in [-0.2, 0) is 19.1 Å². The second kappa shape index (κ2) is 8.15. The Morgan fingerprint density at radius 2 is 1.84 bits per heavy atom. The van der Waals surface area contributed by atoms with Crippen LogP contribution in [0.25, 0.3) is 0 Å². The molecule has 5 nitrogen and oxygen atoms in total. The number of carbonyl (C=O) groups excluding carboxylic acids is 2. The molecule has 0 heterocycles. The average molecular weight is 271 g/mol. The first kappa shape index (κ1) is 16.0. The molecule has 0 aliphatic heterocycles. The van der Waals surface area contributed by atoms with Gasteiger partial charge in [0.2, 0.25) is 5.91 Å². The summed E-state index contributed by atoms with van der Waals surface area (Å²) in [6, 6.07) is 0.161. The highest BCUT2D eigenvalue weighted by atomic mass is 16.5. The molecule has 0 aromatic rings. The fourth-order valence-corrected chi connectivity index (χ4v) is 2.25. The predicted octanol–water partition coefficient (Wildman–Crippen LogP) is 1.65. The number of carbonyl (C=O) groups is 2. The maximum Gasteiger partial charge on any atom is 0.308 e. The van der Waals surface area contributed by atoms with Crippen molar-refractivity contribution in [2.75, 3.05) is 13.2 Å². The molecule has 1 aliphatic carbocycles. The predicted molar refractivity (Wildman–Crippen MR) is 71.6 cm³/mol. The van der Waals surface area contributed by atoms with E-state index in [9.17, 15) is 9.59 Å². The molecule has 0 spiro atoms. The Morgan fingerprint density at radius 1 is 1.21 bits per heavy atom. The lowest BCUT2D eigenvalue weighted by Gasteiger charge is -2.27. The van der Waals surface area contributed by atoms with Crippen molar-refractivity contribution >= 4 is 11.9 Å². The van der Waals surface area contributed by atoms with Gasteiger partial charge in [-0.25, -0.2) is 0 Å². The highest BCUT2D eigenvalue weighted by Gasteiger charge is 2.27. The van der Waals surface area contributed by atoms with Gasteiger partial charge >= 0.3 is 5.97 Å². The second-order valence-electron chi connectivity index (χ2n) is 5.23. The summed E-state index contributed by atoms with van der Waals surface area (Å²) in [4.78, 5) is 23.2. The minimum absolute atomic E-state index is 0.0000149. The van der Waals surface area contributed by atoms with Crippen molar-refractivity contribution < 1.29 is 19.1 Å². The summed E-state index contributed by atoms with van der Waals surface area (Å²) in [6.07, 6.45) is 3.29. The van der Waals surface area contributed by atoms with Crippen LogP contribution in [0.15, 0.2) is 0 Å². The van der Waals surface area contributed by atoms with E-state index in [1.807, 2.05) is 20.8 Å². The molecule has 0 radical (unpaired) electrons. The quantitative estimate of drug-likeness (QED) is 0.746. The lowest BCUT2D eigenvalue weighted by Crippen LogP contribution is -2.40. The van der Waals surface area contributed by atoms with E-state index in [0.717, 1.165) is 25.7 Å². The monoisotopic (exact) mass is 271 g/mol. The van der Waals surface area contributed by atoms with Gasteiger partial charge in [0.1, 0.15) is 6.61 Å². The summed E-state index contributed by atoms with van der Waals surface area (Å²) < 4.78 is 10.3. The van der Waals surface area contributed by atoms with Crippen molar-refractivity contribution in [2.24, 2.45) is 5.92 Å². The van der Waals surface area contributed by atoms with E-state index < -0.39 is 0 Å². The standard InChI is InChI=1S/C14H25NO4/c1-4-18-14(17)11-5-7-12(8-6-11)15-13(16)9-19-10(2)3/h10-12H,4-9H2,1-3H3,(H,15,16). The molecule has 1 fully saturated rings. The third kappa shape index (κ3) is 6.05. The van der Waals surface area contributed by atoms with Gasteiger partial charge in [0.05, 0.1) is 18.6 Å². The van der Waals surface area contributed by atoms with E-state index in [1.54, 1.807) is 0 Å². The topological polar surface area (TPSA) is 64.6 Å². The van der Waals surface area contributed by atoms with Gasteiger partial charge in [-0.1, -0.05) is 0 Å². The van der Waals surface area contributed by atoms with Crippen molar-refractivity contribution in [1.29, 1.82) is 0 Å².